The van der Waals surface area contributed by atoms with Crippen LogP contribution in [0.25, 0.3) is 0 Å². The lowest BCUT2D eigenvalue weighted by atomic mass is 10.2. The molecule has 1 aliphatic rings. The van der Waals surface area contributed by atoms with E-state index in [2.05, 4.69) is 10.4 Å². The van der Waals surface area contributed by atoms with Crippen molar-refractivity contribution in [2.24, 2.45) is 0 Å². The van der Waals surface area contributed by atoms with Crippen LogP contribution >= 0.6 is 0 Å². The second-order valence-corrected chi connectivity index (χ2v) is 4.82. The maximum Gasteiger partial charge on any atom is 0.416 e. The lowest BCUT2D eigenvalue weighted by Crippen LogP contribution is -2.16. The summed E-state index contributed by atoms with van der Waals surface area (Å²) in [6.07, 6.45) is -3.59. The van der Waals surface area contributed by atoms with Gasteiger partial charge in [0.15, 0.2) is 5.69 Å². The summed E-state index contributed by atoms with van der Waals surface area (Å²) in [7, 11) is 0. The number of aryl methyl sites for hydroxylation is 1. The largest absolute Gasteiger partial charge is 0.478 e. The van der Waals surface area contributed by atoms with Crippen LogP contribution in [0.4, 0.5) is 18.9 Å². The van der Waals surface area contributed by atoms with Gasteiger partial charge in [-0.2, -0.15) is 18.3 Å². The van der Waals surface area contributed by atoms with Crippen molar-refractivity contribution in [2.45, 2.75) is 19.1 Å². The standard InChI is InChI=1S/C14H12F3N3O2/c15-14(16,17)9-2-4-10(5-3-9)18-13(21)11-8-12-20(19-11)6-1-7-22-12/h2-5,8H,1,6-7H2,(H,18,21). The van der Waals surface area contributed by atoms with Gasteiger partial charge < -0.3 is 10.1 Å². The number of rotatable bonds is 2. The minimum absolute atomic E-state index is 0.164. The fourth-order valence-corrected chi connectivity index (χ4v) is 2.12. The number of halogens is 3. The van der Waals surface area contributed by atoms with Gasteiger partial charge in [0.25, 0.3) is 5.91 Å². The summed E-state index contributed by atoms with van der Waals surface area (Å²) in [6.45, 7) is 1.24. The van der Waals surface area contributed by atoms with Gasteiger partial charge in [-0.15, -0.1) is 0 Å². The van der Waals surface area contributed by atoms with E-state index in [0.29, 0.717) is 19.0 Å². The highest BCUT2D eigenvalue weighted by atomic mass is 19.4. The van der Waals surface area contributed by atoms with Crippen LogP contribution in [0.1, 0.15) is 22.5 Å². The molecule has 1 aromatic heterocycles. The highest BCUT2D eigenvalue weighted by Crippen LogP contribution is 2.30. The fourth-order valence-electron chi connectivity index (χ4n) is 2.12. The smallest absolute Gasteiger partial charge is 0.416 e. The molecule has 1 N–H and O–H groups in total. The Balaban J connectivity index is 1.72. The Morgan fingerprint density at radius 3 is 2.64 bits per heavy atom. The molecule has 1 aromatic carbocycles. The number of nitrogens with one attached hydrogen (secondary N) is 1. The van der Waals surface area contributed by atoms with E-state index in [1.807, 2.05) is 0 Å². The minimum Gasteiger partial charge on any atom is -0.478 e. The zero-order valence-corrected chi connectivity index (χ0v) is 11.4. The minimum atomic E-state index is -4.40. The van der Waals surface area contributed by atoms with Crippen molar-refractivity contribution in [1.29, 1.82) is 0 Å². The molecule has 0 bridgehead atoms. The number of carbonyl (C=O) groups excluding carboxylic acids is 1. The van der Waals surface area contributed by atoms with Crippen LogP contribution in [0, 0.1) is 0 Å². The van der Waals surface area contributed by atoms with E-state index in [4.69, 9.17) is 4.74 Å². The van der Waals surface area contributed by atoms with Crippen molar-refractivity contribution in [3.8, 4) is 5.88 Å². The molecule has 0 saturated heterocycles. The Morgan fingerprint density at radius 1 is 1.27 bits per heavy atom. The summed E-state index contributed by atoms with van der Waals surface area (Å²) in [5, 5.41) is 6.61. The number of ether oxygens (including phenoxy) is 1. The normalized spacial score (nSPS) is 14.1. The lowest BCUT2D eigenvalue weighted by Gasteiger charge is -2.13. The predicted molar refractivity (Wildman–Crippen MR) is 71.7 cm³/mol. The number of benzene rings is 1. The zero-order valence-electron chi connectivity index (χ0n) is 11.4. The second-order valence-electron chi connectivity index (χ2n) is 4.82. The summed E-state index contributed by atoms with van der Waals surface area (Å²) in [4.78, 5) is 12.0. The first-order valence-electron chi connectivity index (χ1n) is 6.63. The number of fused-ring (bicyclic) bond motifs is 1. The average molecular weight is 311 g/mol. The molecule has 0 radical (unpaired) electrons. The van der Waals surface area contributed by atoms with Gasteiger partial charge in [-0.25, -0.2) is 4.68 Å². The number of amides is 1. The number of nitrogens with zero attached hydrogens (tertiary/aromatic N) is 2. The number of hydrogen-bond acceptors (Lipinski definition) is 3. The second kappa shape index (κ2) is 5.36. The van der Waals surface area contributed by atoms with Crippen LogP contribution < -0.4 is 10.1 Å². The Hall–Kier alpha value is -2.51. The fraction of sp³-hybridized carbons (Fsp3) is 0.286. The Bertz CT molecular complexity index is 669. The van der Waals surface area contributed by atoms with Gasteiger partial charge in [-0.05, 0) is 24.3 Å². The molecule has 22 heavy (non-hydrogen) atoms. The number of aromatic nitrogens is 2. The molecule has 2 heterocycles. The molecule has 0 aliphatic carbocycles. The molecule has 116 valence electrons. The maximum absolute atomic E-state index is 12.5. The molecule has 8 heteroatoms. The van der Waals surface area contributed by atoms with Crippen molar-refractivity contribution < 1.29 is 22.7 Å². The summed E-state index contributed by atoms with van der Waals surface area (Å²) in [5.41, 5.74) is -0.335. The van der Waals surface area contributed by atoms with Crippen molar-refractivity contribution in [3.05, 3.63) is 41.6 Å². The van der Waals surface area contributed by atoms with Crippen LogP contribution in [-0.2, 0) is 12.7 Å². The molecule has 0 unspecified atom stereocenters. The monoisotopic (exact) mass is 311 g/mol. The highest BCUT2D eigenvalue weighted by molar-refractivity contribution is 6.03. The third-order valence-corrected chi connectivity index (χ3v) is 3.21. The van der Waals surface area contributed by atoms with E-state index in [9.17, 15) is 18.0 Å². The first-order valence-corrected chi connectivity index (χ1v) is 6.63. The molecule has 2 aromatic rings. The Labute approximate surface area is 123 Å². The van der Waals surface area contributed by atoms with Gasteiger partial charge in [-0.1, -0.05) is 0 Å². The molecule has 1 amide bonds. The quantitative estimate of drug-likeness (QED) is 0.928. The van der Waals surface area contributed by atoms with E-state index < -0.39 is 17.6 Å². The summed E-state index contributed by atoms with van der Waals surface area (Å²) < 4.78 is 44.3. The van der Waals surface area contributed by atoms with Crippen molar-refractivity contribution in [2.75, 3.05) is 11.9 Å². The first-order chi connectivity index (χ1) is 10.4. The number of hydrogen-bond donors (Lipinski definition) is 1. The topological polar surface area (TPSA) is 56.2 Å². The van der Waals surface area contributed by atoms with E-state index in [0.717, 1.165) is 18.6 Å². The first kappa shape index (κ1) is 14.4. The van der Waals surface area contributed by atoms with Gasteiger partial charge in [0.1, 0.15) is 0 Å². The van der Waals surface area contributed by atoms with E-state index >= 15 is 0 Å². The number of alkyl halides is 3. The molecule has 0 spiro atoms. The van der Waals surface area contributed by atoms with Gasteiger partial charge >= 0.3 is 6.18 Å². The van der Waals surface area contributed by atoms with E-state index in [1.54, 1.807) is 4.68 Å². The Kier molecular flexibility index (Phi) is 3.51. The molecule has 1 aliphatic heterocycles. The van der Waals surface area contributed by atoms with Crippen molar-refractivity contribution >= 4 is 11.6 Å². The SMILES string of the molecule is O=C(Nc1ccc(C(F)(F)F)cc1)c1cc2n(n1)CCCO2. The molecular weight excluding hydrogens is 299 g/mol. The number of carbonyl (C=O) groups is 1. The van der Waals surface area contributed by atoms with E-state index in [1.165, 1.54) is 18.2 Å². The van der Waals surface area contributed by atoms with E-state index in [-0.39, 0.29) is 11.4 Å². The van der Waals surface area contributed by atoms with Crippen molar-refractivity contribution in [1.82, 2.24) is 9.78 Å². The summed E-state index contributed by atoms with van der Waals surface area (Å²) in [6, 6.07) is 5.74. The van der Waals surface area contributed by atoms with Crippen LogP contribution in [0.15, 0.2) is 30.3 Å². The maximum atomic E-state index is 12.5. The summed E-state index contributed by atoms with van der Waals surface area (Å²) >= 11 is 0. The lowest BCUT2D eigenvalue weighted by molar-refractivity contribution is -0.137. The van der Waals surface area contributed by atoms with Gasteiger partial charge in [0, 0.05) is 24.7 Å². The Morgan fingerprint density at radius 2 is 2.00 bits per heavy atom. The molecule has 0 fully saturated rings. The van der Waals surface area contributed by atoms with Crippen LogP contribution in [0.5, 0.6) is 5.88 Å². The molecule has 0 atom stereocenters. The van der Waals surface area contributed by atoms with Crippen LogP contribution in [0.2, 0.25) is 0 Å². The van der Waals surface area contributed by atoms with Crippen LogP contribution in [0.3, 0.4) is 0 Å². The van der Waals surface area contributed by atoms with Gasteiger partial charge in [-0.3, -0.25) is 4.79 Å². The summed E-state index contributed by atoms with van der Waals surface area (Å²) in [5.74, 6) is 0.0223. The highest BCUT2D eigenvalue weighted by Gasteiger charge is 2.30. The third-order valence-electron chi connectivity index (χ3n) is 3.21. The van der Waals surface area contributed by atoms with Gasteiger partial charge in [0.05, 0.1) is 12.2 Å². The van der Waals surface area contributed by atoms with Crippen LogP contribution in [-0.4, -0.2) is 22.3 Å². The zero-order chi connectivity index (χ0) is 15.7. The van der Waals surface area contributed by atoms with Crippen molar-refractivity contribution in [3.63, 3.8) is 0 Å². The molecule has 5 nitrogen and oxygen atoms in total. The molecule has 0 saturated carbocycles. The average Bonchev–Trinajstić information content (AvgIpc) is 2.91. The molecular formula is C14H12F3N3O2. The molecule has 3 rings (SSSR count). The van der Waals surface area contributed by atoms with Gasteiger partial charge in [0.2, 0.25) is 5.88 Å². The third kappa shape index (κ3) is 2.90. The number of anilines is 1. The predicted octanol–water partition coefficient (Wildman–Crippen LogP) is 2.94.